The number of allylic oxidation sites excluding steroid dienone is 2. The molecule has 0 spiro atoms. The highest BCUT2D eigenvalue weighted by Crippen LogP contribution is 2.21. The molecule has 0 fully saturated rings. The van der Waals surface area contributed by atoms with Crippen molar-refractivity contribution in [1.29, 1.82) is 0 Å². The van der Waals surface area contributed by atoms with Crippen LogP contribution in [0.25, 0.3) is 5.57 Å². The minimum Gasteiger partial charge on any atom is -0.281 e. The minimum absolute atomic E-state index is 0.0488. The molecule has 1 aromatic heterocycles. The van der Waals surface area contributed by atoms with Crippen LogP contribution in [-0.2, 0) is 19.8 Å². The van der Waals surface area contributed by atoms with Gasteiger partial charge in [0.1, 0.15) is 0 Å². The summed E-state index contributed by atoms with van der Waals surface area (Å²) in [5.41, 5.74) is 0.564. The van der Waals surface area contributed by atoms with Crippen molar-refractivity contribution in [3.8, 4) is 0 Å². The first-order valence-electron chi connectivity index (χ1n) is 9.20. The van der Waals surface area contributed by atoms with Crippen LogP contribution in [0.1, 0.15) is 12.0 Å². The summed E-state index contributed by atoms with van der Waals surface area (Å²) < 4.78 is 3.15. The molecule has 0 saturated heterocycles. The van der Waals surface area contributed by atoms with Crippen LogP contribution in [0.5, 0.6) is 0 Å². The zero-order valence-corrected chi connectivity index (χ0v) is 15.8. The van der Waals surface area contributed by atoms with Crippen LogP contribution in [0.4, 0.5) is 0 Å². The fraction of sp³-hybridized carbons (Fsp3) is 0.286. The lowest BCUT2D eigenvalue weighted by Crippen LogP contribution is -2.56. The first-order chi connectivity index (χ1) is 13.6. The summed E-state index contributed by atoms with van der Waals surface area (Å²) in [4.78, 5) is 39.9. The molecule has 1 aromatic carbocycles. The first kappa shape index (κ1) is 19.6. The number of rotatable bonds is 7. The summed E-state index contributed by atoms with van der Waals surface area (Å²) in [6, 6.07) is 10.1. The zero-order chi connectivity index (χ0) is 20.1. The van der Waals surface area contributed by atoms with Gasteiger partial charge in [-0.3, -0.25) is 4.90 Å². The molecular weight excluding hydrogens is 356 g/mol. The number of nitrogens with zero attached hydrogens (tertiary/aromatic N) is 4. The minimum atomic E-state index is -0.643. The molecule has 0 unspecified atom stereocenters. The predicted octanol–water partition coefficient (Wildman–Crippen LogP) is 1.29. The molecule has 0 atom stereocenters. The van der Waals surface area contributed by atoms with Gasteiger partial charge < -0.3 is 0 Å². The lowest BCUT2D eigenvalue weighted by atomic mass is 10.00. The predicted molar refractivity (Wildman–Crippen MR) is 110 cm³/mol. The molecule has 0 radical (unpaired) electrons. The van der Waals surface area contributed by atoms with Gasteiger partial charge in [-0.25, -0.2) is 28.1 Å². The molecule has 7 heteroatoms. The largest absolute Gasteiger partial charge is 0.337 e. The monoisotopic (exact) mass is 380 g/mol. The van der Waals surface area contributed by atoms with Gasteiger partial charge in [-0.2, -0.15) is 0 Å². The summed E-state index contributed by atoms with van der Waals surface area (Å²) >= 11 is 0. The average Bonchev–Trinajstić information content (AvgIpc) is 2.73. The van der Waals surface area contributed by atoms with Crippen molar-refractivity contribution in [2.75, 3.05) is 13.1 Å². The van der Waals surface area contributed by atoms with Crippen LogP contribution in [0.15, 0.2) is 76.1 Å². The molecule has 0 saturated carbocycles. The molecule has 28 heavy (non-hydrogen) atoms. The van der Waals surface area contributed by atoms with E-state index < -0.39 is 17.1 Å². The summed E-state index contributed by atoms with van der Waals surface area (Å²) in [5, 5.41) is 0. The van der Waals surface area contributed by atoms with Gasteiger partial charge in [0, 0.05) is 13.1 Å². The highest BCUT2D eigenvalue weighted by atomic mass is 16.2. The van der Waals surface area contributed by atoms with Gasteiger partial charge in [0.15, 0.2) is 0 Å². The van der Waals surface area contributed by atoms with E-state index in [2.05, 4.69) is 31.4 Å². The second-order valence-electron chi connectivity index (χ2n) is 6.64. The standard InChI is InChI=1S/C21H24N4O3/c1-3-12-23-19(26)24(13-4-2)21(28)25(20(23)27)16-22-14-10-18(11-15-22)17-8-6-5-7-9-17/h3-10H,1-2,11-16H2. The van der Waals surface area contributed by atoms with Crippen molar-refractivity contribution >= 4 is 5.57 Å². The van der Waals surface area contributed by atoms with Crippen LogP contribution < -0.4 is 17.1 Å². The van der Waals surface area contributed by atoms with Crippen molar-refractivity contribution in [2.45, 2.75) is 26.2 Å². The Morgan fingerprint density at radius 2 is 1.43 bits per heavy atom. The summed E-state index contributed by atoms with van der Waals surface area (Å²) in [5.74, 6) is 0. The van der Waals surface area contributed by atoms with Gasteiger partial charge in [-0.15, -0.1) is 13.2 Å². The maximum Gasteiger partial charge on any atom is 0.337 e. The molecule has 0 amide bonds. The Morgan fingerprint density at radius 1 is 0.857 bits per heavy atom. The number of benzene rings is 1. The Labute approximate surface area is 162 Å². The van der Waals surface area contributed by atoms with Gasteiger partial charge in [0.2, 0.25) is 0 Å². The fourth-order valence-electron chi connectivity index (χ4n) is 3.33. The van der Waals surface area contributed by atoms with E-state index in [1.54, 1.807) is 0 Å². The van der Waals surface area contributed by atoms with Crippen LogP contribution >= 0.6 is 0 Å². The molecule has 0 bridgehead atoms. The Bertz CT molecular complexity index is 1030. The normalized spacial score (nSPS) is 14.5. The number of hydrogen-bond acceptors (Lipinski definition) is 4. The zero-order valence-electron chi connectivity index (χ0n) is 15.8. The van der Waals surface area contributed by atoms with Gasteiger partial charge in [-0.1, -0.05) is 48.6 Å². The van der Waals surface area contributed by atoms with Crippen molar-refractivity contribution in [3.63, 3.8) is 0 Å². The van der Waals surface area contributed by atoms with Gasteiger partial charge >= 0.3 is 17.1 Å². The van der Waals surface area contributed by atoms with E-state index in [9.17, 15) is 14.4 Å². The molecule has 146 valence electrons. The fourth-order valence-corrected chi connectivity index (χ4v) is 3.33. The third-order valence-corrected chi connectivity index (χ3v) is 4.79. The molecule has 3 rings (SSSR count). The van der Waals surface area contributed by atoms with E-state index >= 15 is 0 Å². The Hall–Kier alpha value is -3.19. The quantitative estimate of drug-likeness (QED) is 0.679. The van der Waals surface area contributed by atoms with Crippen LogP contribution in [0, 0.1) is 0 Å². The molecule has 1 aliphatic rings. The van der Waals surface area contributed by atoms with E-state index in [4.69, 9.17) is 0 Å². The van der Waals surface area contributed by atoms with Gasteiger partial charge in [0.05, 0.1) is 19.8 Å². The Morgan fingerprint density at radius 3 is 1.93 bits per heavy atom. The molecular formula is C21H24N4O3. The smallest absolute Gasteiger partial charge is 0.281 e. The topological polar surface area (TPSA) is 69.2 Å². The van der Waals surface area contributed by atoms with Gasteiger partial charge in [-0.05, 0) is 17.6 Å². The SMILES string of the molecule is C=CCn1c(=O)n(CC=C)c(=O)n(CN2CC=C(c3ccccc3)CC2)c1=O. The van der Waals surface area contributed by atoms with Gasteiger partial charge in [0.25, 0.3) is 0 Å². The van der Waals surface area contributed by atoms with E-state index in [0.717, 1.165) is 20.1 Å². The van der Waals surface area contributed by atoms with Crippen LogP contribution in [0.3, 0.4) is 0 Å². The van der Waals surface area contributed by atoms with Crippen LogP contribution in [-0.4, -0.2) is 31.7 Å². The molecule has 1 aliphatic heterocycles. The molecule has 2 aromatic rings. The summed E-state index contributed by atoms with van der Waals surface area (Å²) in [7, 11) is 0. The Kier molecular flexibility index (Phi) is 6.06. The molecule has 0 aliphatic carbocycles. The lowest BCUT2D eigenvalue weighted by Gasteiger charge is -2.27. The van der Waals surface area contributed by atoms with E-state index in [-0.39, 0.29) is 19.8 Å². The van der Waals surface area contributed by atoms with E-state index in [0.29, 0.717) is 13.1 Å². The summed E-state index contributed by atoms with van der Waals surface area (Å²) in [6.45, 7) is 8.74. The molecule has 7 nitrogen and oxygen atoms in total. The van der Waals surface area contributed by atoms with Crippen molar-refractivity contribution in [2.24, 2.45) is 0 Å². The first-order valence-corrected chi connectivity index (χ1v) is 9.20. The highest BCUT2D eigenvalue weighted by molar-refractivity contribution is 5.66. The third kappa shape index (κ3) is 3.89. The molecule has 0 N–H and O–H groups in total. The Balaban J connectivity index is 1.90. The van der Waals surface area contributed by atoms with Crippen molar-refractivity contribution < 1.29 is 0 Å². The number of hydrogen-bond donors (Lipinski definition) is 0. The second kappa shape index (κ2) is 8.67. The highest BCUT2D eigenvalue weighted by Gasteiger charge is 2.18. The second-order valence-corrected chi connectivity index (χ2v) is 6.64. The summed E-state index contributed by atoms with van der Waals surface area (Å²) in [6.07, 6.45) is 5.87. The van der Waals surface area contributed by atoms with E-state index in [1.807, 2.05) is 23.1 Å². The van der Waals surface area contributed by atoms with E-state index in [1.165, 1.54) is 23.3 Å². The maximum atomic E-state index is 12.7. The molecule has 2 heterocycles. The maximum absolute atomic E-state index is 12.7. The average molecular weight is 380 g/mol. The van der Waals surface area contributed by atoms with Crippen molar-refractivity contribution in [1.82, 2.24) is 18.6 Å². The number of aromatic nitrogens is 3. The lowest BCUT2D eigenvalue weighted by molar-refractivity contribution is 0.223. The third-order valence-electron chi connectivity index (χ3n) is 4.79. The van der Waals surface area contributed by atoms with Crippen LogP contribution in [0.2, 0.25) is 0 Å². The van der Waals surface area contributed by atoms with Crippen molar-refractivity contribution in [3.05, 3.63) is 98.7 Å².